The summed E-state index contributed by atoms with van der Waals surface area (Å²) < 4.78 is 0.709. The van der Waals surface area contributed by atoms with Crippen LogP contribution in [-0.2, 0) is 0 Å². The van der Waals surface area contributed by atoms with Gasteiger partial charge >= 0.3 is 0 Å². The van der Waals surface area contributed by atoms with E-state index in [-0.39, 0.29) is 5.69 Å². The molecule has 6 heteroatoms. The largest absolute Gasteiger partial charge is 0.383 e. The zero-order chi connectivity index (χ0) is 12.1. The third-order valence-corrected chi connectivity index (χ3v) is 2.69. The molecule has 1 N–H and O–H groups in total. The van der Waals surface area contributed by atoms with Crippen molar-refractivity contribution in [2.45, 2.75) is 0 Å². The number of nitrogens with one attached hydrogen (secondary N) is 1. The van der Waals surface area contributed by atoms with Crippen LogP contribution in [0.4, 0.5) is 11.4 Å². The molecule has 0 aromatic heterocycles. The second-order valence-corrected chi connectivity index (χ2v) is 4.51. The zero-order valence-corrected chi connectivity index (χ0v) is 10.8. The summed E-state index contributed by atoms with van der Waals surface area (Å²) in [5, 5.41) is 13.7. The fourth-order valence-electron chi connectivity index (χ4n) is 1.18. The Morgan fingerprint density at radius 3 is 2.69 bits per heavy atom. The number of nitro benzene ring substituents is 1. The molecular weight excluding hydrogens is 274 g/mol. The van der Waals surface area contributed by atoms with Crippen LogP contribution in [-0.4, -0.2) is 37.0 Å². The maximum Gasteiger partial charge on any atom is 0.270 e. The lowest BCUT2D eigenvalue weighted by molar-refractivity contribution is -0.384. The monoisotopic (exact) mass is 287 g/mol. The molecule has 1 aromatic rings. The van der Waals surface area contributed by atoms with Crippen molar-refractivity contribution in [2.75, 3.05) is 32.5 Å². The van der Waals surface area contributed by atoms with Gasteiger partial charge in [0, 0.05) is 35.4 Å². The molecule has 1 rings (SSSR count). The number of nitrogens with zero attached hydrogens (tertiary/aromatic N) is 2. The number of nitro groups is 1. The summed E-state index contributed by atoms with van der Waals surface area (Å²) in [5.41, 5.74) is 0.956. The van der Waals surface area contributed by atoms with Crippen LogP contribution in [0.15, 0.2) is 22.7 Å². The Bertz CT molecular complexity index is 382. The van der Waals surface area contributed by atoms with E-state index in [1.165, 1.54) is 12.1 Å². The fraction of sp³-hybridized carbons (Fsp3) is 0.400. The summed E-state index contributed by atoms with van der Waals surface area (Å²) in [4.78, 5) is 12.2. The van der Waals surface area contributed by atoms with Crippen LogP contribution < -0.4 is 5.32 Å². The highest BCUT2D eigenvalue weighted by molar-refractivity contribution is 9.10. The van der Waals surface area contributed by atoms with Gasteiger partial charge in [-0.15, -0.1) is 0 Å². The third kappa shape index (κ3) is 3.79. The zero-order valence-electron chi connectivity index (χ0n) is 9.24. The van der Waals surface area contributed by atoms with E-state index in [1.54, 1.807) is 6.07 Å². The molecule has 5 nitrogen and oxygen atoms in total. The van der Waals surface area contributed by atoms with E-state index in [1.807, 2.05) is 14.1 Å². The van der Waals surface area contributed by atoms with Gasteiger partial charge in [-0.2, -0.15) is 0 Å². The topological polar surface area (TPSA) is 58.4 Å². The van der Waals surface area contributed by atoms with Gasteiger partial charge in [-0.3, -0.25) is 10.1 Å². The van der Waals surface area contributed by atoms with Gasteiger partial charge in [0.15, 0.2) is 0 Å². The first-order valence-corrected chi connectivity index (χ1v) is 5.62. The van der Waals surface area contributed by atoms with E-state index in [0.29, 0.717) is 4.47 Å². The van der Waals surface area contributed by atoms with Gasteiger partial charge in [0.1, 0.15) is 0 Å². The second kappa shape index (κ2) is 5.81. The Morgan fingerprint density at radius 1 is 1.50 bits per heavy atom. The summed E-state index contributed by atoms with van der Waals surface area (Å²) in [6.07, 6.45) is 0. The first-order valence-electron chi connectivity index (χ1n) is 4.83. The number of likely N-dealkylation sites (N-methyl/N-ethyl adjacent to an activating group) is 1. The molecule has 0 unspecified atom stereocenters. The molecule has 0 bridgehead atoms. The molecule has 0 radical (unpaired) electrons. The Morgan fingerprint density at radius 2 is 2.19 bits per heavy atom. The molecule has 0 aliphatic rings. The normalized spacial score (nSPS) is 10.5. The van der Waals surface area contributed by atoms with Crippen molar-refractivity contribution in [3.63, 3.8) is 0 Å². The first-order chi connectivity index (χ1) is 7.50. The van der Waals surface area contributed by atoms with Gasteiger partial charge in [0.05, 0.1) is 4.92 Å². The number of rotatable bonds is 5. The highest BCUT2D eigenvalue weighted by Crippen LogP contribution is 2.26. The van der Waals surface area contributed by atoms with Crippen LogP contribution in [0.3, 0.4) is 0 Å². The van der Waals surface area contributed by atoms with Crippen molar-refractivity contribution in [1.82, 2.24) is 4.90 Å². The molecule has 0 saturated carbocycles. The number of hydrogen-bond donors (Lipinski definition) is 1. The minimum absolute atomic E-state index is 0.0880. The summed E-state index contributed by atoms with van der Waals surface area (Å²) in [6, 6.07) is 4.69. The summed E-state index contributed by atoms with van der Waals surface area (Å²) in [6.45, 7) is 1.70. The molecule has 16 heavy (non-hydrogen) atoms. The van der Waals surface area contributed by atoms with Crippen LogP contribution in [0.25, 0.3) is 0 Å². The van der Waals surface area contributed by atoms with E-state index >= 15 is 0 Å². The third-order valence-electron chi connectivity index (χ3n) is 2.04. The second-order valence-electron chi connectivity index (χ2n) is 3.65. The van der Waals surface area contributed by atoms with Crippen LogP contribution in [0.2, 0.25) is 0 Å². The molecule has 88 valence electrons. The molecule has 0 saturated heterocycles. The van der Waals surface area contributed by atoms with Crippen LogP contribution in [0, 0.1) is 10.1 Å². The van der Waals surface area contributed by atoms with Crippen molar-refractivity contribution < 1.29 is 4.92 Å². The number of hydrogen-bond acceptors (Lipinski definition) is 4. The summed E-state index contributed by atoms with van der Waals surface area (Å²) >= 11 is 3.30. The summed E-state index contributed by atoms with van der Waals surface area (Å²) in [7, 11) is 3.99. The Hall–Kier alpha value is -1.14. The Balaban J connectivity index is 2.64. The predicted molar refractivity (Wildman–Crippen MR) is 67.8 cm³/mol. The molecule has 0 aliphatic carbocycles. The van der Waals surface area contributed by atoms with E-state index in [0.717, 1.165) is 18.8 Å². The highest BCUT2D eigenvalue weighted by Gasteiger charge is 2.08. The number of anilines is 1. The lowest BCUT2D eigenvalue weighted by Gasteiger charge is -2.12. The van der Waals surface area contributed by atoms with Crippen molar-refractivity contribution in [3.8, 4) is 0 Å². The predicted octanol–water partition coefficient (Wildman–Crippen LogP) is 2.33. The molecular formula is C10H14BrN3O2. The van der Waals surface area contributed by atoms with Crippen molar-refractivity contribution in [3.05, 3.63) is 32.8 Å². The highest BCUT2D eigenvalue weighted by atomic mass is 79.9. The van der Waals surface area contributed by atoms with Gasteiger partial charge in [-0.25, -0.2) is 0 Å². The molecule has 0 spiro atoms. The van der Waals surface area contributed by atoms with Gasteiger partial charge in [-0.05, 0) is 36.1 Å². The summed E-state index contributed by atoms with van der Waals surface area (Å²) in [5.74, 6) is 0. The van der Waals surface area contributed by atoms with Gasteiger partial charge in [0.25, 0.3) is 5.69 Å². The maximum atomic E-state index is 10.5. The quantitative estimate of drug-likeness (QED) is 0.667. The van der Waals surface area contributed by atoms with Crippen molar-refractivity contribution in [1.29, 1.82) is 0 Å². The molecule has 0 atom stereocenters. The minimum Gasteiger partial charge on any atom is -0.383 e. The van der Waals surface area contributed by atoms with Crippen molar-refractivity contribution in [2.24, 2.45) is 0 Å². The average molecular weight is 288 g/mol. The molecule has 0 amide bonds. The number of non-ortho nitro benzene ring substituents is 1. The molecule has 0 heterocycles. The smallest absolute Gasteiger partial charge is 0.270 e. The van der Waals surface area contributed by atoms with E-state index in [2.05, 4.69) is 26.1 Å². The van der Waals surface area contributed by atoms with Gasteiger partial charge in [0.2, 0.25) is 0 Å². The molecule has 0 fully saturated rings. The van der Waals surface area contributed by atoms with E-state index in [4.69, 9.17) is 0 Å². The van der Waals surface area contributed by atoms with Crippen LogP contribution in [0.5, 0.6) is 0 Å². The SMILES string of the molecule is CN(C)CCNc1ccc([N+](=O)[O-])cc1Br. The van der Waals surface area contributed by atoms with Crippen LogP contribution in [0.1, 0.15) is 0 Å². The van der Waals surface area contributed by atoms with E-state index in [9.17, 15) is 10.1 Å². The lowest BCUT2D eigenvalue weighted by atomic mass is 10.3. The van der Waals surface area contributed by atoms with Crippen LogP contribution >= 0.6 is 15.9 Å². The maximum absolute atomic E-state index is 10.5. The molecule has 0 aliphatic heterocycles. The van der Waals surface area contributed by atoms with Gasteiger partial charge < -0.3 is 10.2 Å². The minimum atomic E-state index is -0.408. The van der Waals surface area contributed by atoms with Gasteiger partial charge in [-0.1, -0.05) is 0 Å². The van der Waals surface area contributed by atoms with E-state index < -0.39 is 4.92 Å². The standard InChI is InChI=1S/C10H14BrN3O2/c1-13(2)6-5-12-10-4-3-8(14(15)16)7-9(10)11/h3-4,7,12H,5-6H2,1-2H3. The van der Waals surface area contributed by atoms with Crippen molar-refractivity contribution >= 4 is 27.3 Å². The fourth-order valence-corrected chi connectivity index (χ4v) is 1.68. The lowest BCUT2D eigenvalue weighted by Crippen LogP contribution is -2.20. The average Bonchev–Trinajstić information content (AvgIpc) is 2.19. The Labute approximate surface area is 103 Å². The first kappa shape index (κ1) is 12.9. The number of benzene rings is 1. The number of halogens is 1. The molecule has 1 aromatic carbocycles. The Kier molecular flexibility index (Phi) is 4.70.